The molecule has 0 bridgehead atoms. The third-order valence-corrected chi connectivity index (χ3v) is 4.49. The van der Waals surface area contributed by atoms with Crippen molar-refractivity contribution in [3.63, 3.8) is 0 Å². The van der Waals surface area contributed by atoms with Gasteiger partial charge in [0.15, 0.2) is 23.5 Å². The molecular formula is C18H23NO10. The molecule has 0 amide bonds. The van der Waals surface area contributed by atoms with Gasteiger partial charge in [0.2, 0.25) is 0 Å². The van der Waals surface area contributed by atoms with E-state index in [9.17, 15) is 35.4 Å². The maximum Gasteiger partial charge on any atom is 0.338 e. The van der Waals surface area contributed by atoms with Crippen molar-refractivity contribution in [1.82, 2.24) is 0 Å². The molecule has 160 valence electrons. The molecule has 0 spiro atoms. The van der Waals surface area contributed by atoms with Gasteiger partial charge in [-0.3, -0.25) is 0 Å². The van der Waals surface area contributed by atoms with E-state index < -0.39 is 66.4 Å². The topological polar surface area (TPSA) is 190 Å². The van der Waals surface area contributed by atoms with Gasteiger partial charge in [-0.2, -0.15) is 5.26 Å². The second-order valence-corrected chi connectivity index (χ2v) is 6.54. The summed E-state index contributed by atoms with van der Waals surface area (Å²) in [6, 6.07) is 3.74. The second kappa shape index (κ2) is 9.73. The molecule has 0 saturated carbocycles. The Labute approximate surface area is 165 Å². The van der Waals surface area contributed by atoms with Crippen LogP contribution >= 0.6 is 0 Å². The van der Waals surface area contributed by atoms with E-state index in [0.29, 0.717) is 6.42 Å². The van der Waals surface area contributed by atoms with E-state index in [1.165, 1.54) is 0 Å². The Morgan fingerprint density at radius 1 is 1.17 bits per heavy atom. The average molecular weight is 413 g/mol. The van der Waals surface area contributed by atoms with Crippen molar-refractivity contribution >= 4 is 5.97 Å². The Morgan fingerprint density at radius 3 is 2.34 bits per heavy atom. The van der Waals surface area contributed by atoms with Crippen molar-refractivity contribution < 1.29 is 49.6 Å². The Morgan fingerprint density at radius 2 is 1.79 bits per heavy atom. The van der Waals surface area contributed by atoms with Gasteiger partial charge in [0.25, 0.3) is 0 Å². The van der Waals surface area contributed by atoms with E-state index in [0.717, 1.165) is 12.1 Å². The minimum atomic E-state index is -1.65. The first-order valence-corrected chi connectivity index (χ1v) is 8.82. The lowest BCUT2D eigenvalue weighted by molar-refractivity contribution is -0.302. The first-order valence-electron chi connectivity index (χ1n) is 8.82. The molecule has 0 aromatic heterocycles. The van der Waals surface area contributed by atoms with E-state index >= 15 is 0 Å². The highest BCUT2D eigenvalue weighted by Gasteiger charge is 2.45. The van der Waals surface area contributed by atoms with Gasteiger partial charge in [-0.25, -0.2) is 4.79 Å². The average Bonchev–Trinajstić information content (AvgIpc) is 2.70. The Kier molecular flexibility index (Phi) is 7.60. The van der Waals surface area contributed by atoms with Gasteiger partial charge in [0.1, 0.15) is 31.0 Å². The molecule has 29 heavy (non-hydrogen) atoms. The number of carbonyl (C=O) groups excluding carboxylic acids is 1. The highest BCUT2D eigenvalue weighted by atomic mass is 16.7. The highest BCUT2D eigenvalue weighted by Crippen LogP contribution is 2.35. The molecule has 1 aliphatic heterocycles. The fourth-order valence-corrected chi connectivity index (χ4v) is 2.61. The van der Waals surface area contributed by atoms with E-state index in [2.05, 4.69) is 0 Å². The van der Waals surface area contributed by atoms with E-state index in [4.69, 9.17) is 19.5 Å². The fourth-order valence-electron chi connectivity index (χ4n) is 2.61. The van der Waals surface area contributed by atoms with Crippen LogP contribution in [0.15, 0.2) is 12.1 Å². The number of esters is 1. The smallest absolute Gasteiger partial charge is 0.338 e. The Bertz CT molecular complexity index is 740. The molecule has 11 nitrogen and oxygen atoms in total. The van der Waals surface area contributed by atoms with E-state index in [1.807, 2.05) is 6.07 Å². The van der Waals surface area contributed by atoms with Crippen LogP contribution in [-0.4, -0.2) is 80.5 Å². The predicted molar refractivity (Wildman–Crippen MR) is 93.7 cm³/mol. The summed E-state index contributed by atoms with van der Waals surface area (Å²) in [4.78, 5) is 12.1. The lowest BCUT2D eigenvalue weighted by Crippen LogP contribution is -2.59. The van der Waals surface area contributed by atoms with Crippen molar-refractivity contribution in [2.24, 2.45) is 5.92 Å². The van der Waals surface area contributed by atoms with Crippen LogP contribution in [0.4, 0.5) is 0 Å². The molecule has 1 aromatic rings. The van der Waals surface area contributed by atoms with Gasteiger partial charge in [0, 0.05) is 0 Å². The summed E-state index contributed by atoms with van der Waals surface area (Å²) in [6.45, 7) is 1.15. The monoisotopic (exact) mass is 413 g/mol. The van der Waals surface area contributed by atoms with Gasteiger partial charge in [0.05, 0.1) is 24.2 Å². The molecule has 0 radical (unpaired) electrons. The van der Waals surface area contributed by atoms with Crippen LogP contribution in [0.5, 0.6) is 17.2 Å². The number of hydrogen-bond donors (Lipinski definition) is 6. The molecule has 11 heteroatoms. The predicted octanol–water partition coefficient (Wildman–Crippen LogP) is -0.666. The van der Waals surface area contributed by atoms with Crippen LogP contribution in [0.25, 0.3) is 0 Å². The van der Waals surface area contributed by atoms with Crippen LogP contribution in [0.1, 0.15) is 23.7 Å². The fraction of sp³-hybridized carbons (Fsp3) is 0.556. The lowest BCUT2D eigenvalue weighted by atomic mass is 9.99. The summed E-state index contributed by atoms with van der Waals surface area (Å²) in [5.74, 6) is -3.74. The molecule has 1 heterocycles. The molecule has 6 N–H and O–H groups in total. The number of rotatable bonds is 7. The summed E-state index contributed by atoms with van der Waals surface area (Å²) < 4.78 is 15.6. The van der Waals surface area contributed by atoms with Crippen LogP contribution in [0.3, 0.4) is 0 Å². The lowest BCUT2D eigenvalue weighted by Gasteiger charge is -2.40. The molecular weight excluding hydrogens is 390 g/mol. The van der Waals surface area contributed by atoms with Gasteiger partial charge < -0.3 is 44.8 Å². The quantitative estimate of drug-likeness (QED) is 0.246. The third-order valence-electron chi connectivity index (χ3n) is 4.49. The molecule has 1 fully saturated rings. The van der Waals surface area contributed by atoms with Crippen LogP contribution < -0.4 is 0 Å². The number of carbonyl (C=O) groups is 1. The Balaban J connectivity index is 2.01. The number of aromatic hydroxyl groups is 3. The first-order chi connectivity index (χ1) is 13.7. The SMILES string of the molecule is CC[C@@H](C#N)CO[C@@H]1O[C@H](COC(=O)c2cc(O)c(O)c(O)c2)[C@@H](O)[C@H](O)[C@H]1O. The summed E-state index contributed by atoms with van der Waals surface area (Å²) in [5, 5.41) is 67.2. The number of phenols is 3. The molecule has 1 aliphatic rings. The number of phenolic OH excluding ortho intramolecular Hbond substituents is 3. The van der Waals surface area contributed by atoms with Gasteiger partial charge >= 0.3 is 5.97 Å². The standard InChI is InChI=1S/C18H23NO10/c1-2-8(5-19)6-28-18-16(25)15(24)14(23)12(29-18)7-27-17(26)9-3-10(20)13(22)11(21)4-9/h3-4,8,12,14-16,18,20-25H,2,6-7H2,1H3/t8-,12+,14+,15-,16+,18+/m0/s1. The number of benzene rings is 1. The maximum atomic E-state index is 12.1. The summed E-state index contributed by atoms with van der Waals surface area (Å²) in [6.07, 6.45) is -6.96. The molecule has 1 saturated heterocycles. The zero-order chi connectivity index (χ0) is 21.7. The number of hydrogen-bond acceptors (Lipinski definition) is 11. The highest BCUT2D eigenvalue weighted by molar-refractivity contribution is 5.91. The van der Waals surface area contributed by atoms with Crippen LogP contribution in [-0.2, 0) is 14.2 Å². The third kappa shape index (κ3) is 5.26. The molecule has 6 atom stereocenters. The second-order valence-electron chi connectivity index (χ2n) is 6.54. The summed E-state index contributed by atoms with van der Waals surface area (Å²) in [5.41, 5.74) is -0.281. The van der Waals surface area contributed by atoms with Crippen LogP contribution in [0, 0.1) is 17.2 Å². The van der Waals surface area contributed by atoms with Crippen molar-refractivity contribution in [3.8, 4) is 23.3 Å². The molecule has 1 aromatic carbocycles. The molecule has 0 aliphatic carbocycles. The normalized spacial score (nSPS) is 27.8. The number of nitrogens with zero attached hydrogens (tertiary/aromatic N) is 1. The van der Waals surface area contributed by atoms with E-state index in [-0.39, 0.29) is 12.2 Å². The first kappa shape index (κ1) is 22.7. The Hall–Kier alpha value is -2.62. The molecule has 2 rings (SSSR count). The van der Waals surface area contributed by atoms with Gasteiger partial charge in [-0.05, 0) is 18.6 Å². The summed E-state index contributed by atoms with van der Waals surface area (Å²) in [7, 11) is 0. The minimum absolute atomic E-state index is 0.0733. The molecule has 0 unspecified atom stereocenters. The van der Waals surface area contributed by atoms with Crippen LogP contribution in [0.2, 0.25) is 0 Å². The zero-order valence-electron chi connectivity index (χ0n) is 15.5. The van der Waals surface area contributed by atoms with Crippen molar-refractivity contribution in [2.45, 2.75) is 44.1 Å². The van der Waals surface area contributed by atoms with Crippen molar-refractivity contribution in [2.75, 3.05) is 13.2 Å². The van der Waals surface area contributed by atoms with Crippen molar-refractivity contribution in [1.29, 1.82) is 5.26 Å². The summed E-state index contributed by atoms with van der Waals surface area (Å²) >= 11 is 0. The number of ether oxygens (including phenoxy) is 3. The number of aliphatic hydroxyl groups is 3. The zero-order valence-corrected chi connectivity index (χ0v) is 15.5. The van der Waals surface area contributed by atoms with E-state index in [1.54, 1.807) is 6.92 Å². The van der Waals surface area contributed by atoms with Gasteiger partial charge in [-0.15, -0.1) is 0 Å². The minimum Gasteiger partial charge on any atom is -0.504 e. The number of aliphatic hydroxyl groups excluding tert-OH is 3. The van der Waals surface area contributed by atoms with Gasteiger partial charge in [-0.1, -0.05) is 6.92 Å². The largest absolute Gasteiger partial charge is 0.504 e. The number of nitriles is 1. The van der Waals surface area contributed by atoms with Crippen molar-refractivity contribution in [3.05, 3.63) is 17.7 Å². The maximum absolute atomic E-state index is 12.1.